The van der Waals surface area contributed by atoms with Crippen molar-refractivity contribution < 1.29 is 19.0 Å². The highest BCUT2D eigenvalue weighted by Gasteiger charge is 2.30. The lowest BCUT2D eigenvalue weighted by Gasteiger charge is -2.41. The molecule has 2 aliphatic rings. The van der Waals surface area contributed by atoms with Crippen molar-refractivity contribution in [2.24, 2.45) is 0 Å². The molecule has 1 saturated heterocycles. The Kier molecular flexibility index (Phi) is 7.23. The highest BCUT2D eigenvalue weighted by molar-refractivity contribution is 5.77. The van der Waals surface area contributed by atoms with Gasteiger partial charge in [0, 0.05) is 38.3 Å². The second kappa shape index (κ2) is 10.3. The molecule has 2 aromatic rings. The summed E-state index contributed by atoms with van der Waals surface area (Å²) in [4.78, 5) is 21.6. The van der Waals surface area contributed by atoms with E-state index in [0.29, 0.717) is 63.0 Å². The number of aromatic nitrogens is 1. The maximum atomic E-state index is 12.5. The van der Waals surface area contributed by atoms with Crippen LogP contribution in [0.5, 0.6) is 11.5 Å². The molecule has 1 fully saturated rings. The van der Waals surface area contributed by atoms with Crippen molar-refractivity contribution in [3.8, 4) is 28.7 Å². The van der Waals surface area contributed by atoms with Gasteiger partial charge in [0.2, 0.25) is 5.91 Å². The number of hydrogen-bond acceptors (Lipinski definition) is 7. The van der Waals surface area contributed by atoms with Gasteiger partial charge in [0.25, 0.3) is 0 Å². The van der Waals surface area contributed by atoms with E-state index >= 15 is 0 Å². The van der Waals surface area contributed by atoms with Crippen molar-refractivity contribution >= 4 is 11.7 Å². The van der Waals surface area contributed by atoms with Gasteiger partial charge in [-0.05, 0) is 36.6 Å². The number of rotatable bonds is 6. The van der Waals surface area contributed by atoms with E-state index in [1.165, 1.54) is 0 Å². The first kappa shape index (κ1) is 23.8. The molecular weight excluding hydrogens is 432 g/mol. The molecular formula is C26H32N4O4. The monoisotopic (exact) mass is 464 g/mol. The van der Waals surface area contributed by atoms with Gasteiger partial charge in [-0.15, -0.1) is 0 Å². The molecule has 1 amide bonds. The van der Waals surface area contributed by atoms with Crippen LogP contribution in [-0.2, 0) is 9.53 Å². The number of hydrogen-bond donors (Lipinski definition) is 0. The van der Waals surface area contributed by atoms with Gasteiger partial charge in [-0.1, -0.05) is 19.9 Å². The zero-order chi connectivity index (χ0) is 24.2. The van der Waals surface area contributed by atoms with E-state index in [1.807, 2.05) is 36.1 Å². The Morgan fingerprint density at radius 1 is 1.24 bits per heavy atom. The number of ether oxygens (including phenoxy) is 3. The summed E-state index contributed by atoms with van der Waals surface area (Å²) in [6.45, 7) is 9.59. The van der Waals surface area contributed by atoms with Crippen LogP contribution in [0.15, 0.2) is 24.3 Å². The van der Waals surface area contributed by atoms with E-state index < -0.39 is 0 Å². The lowest BCUT2D eigenvalue weighted by Crippen LogP contribution is -2.54. The molecule has 34 heavy (non-hydrogen) atoms. The van der Waals surface area contributed by atoms with Gasteiger partial charge >= 0.3 is 0 Å². The summed E-state index contributed by atoms with van der Waals surface area (Å²) in [5.41, 5.74) is 3.33. The molecule has 1 aromatic carbocycles. The van der Waals surface area contributed by atoms with Crippen LogP contribution < -0.4 is 14.4 Å². The number of fused-ring (bicyclic) bond motifs is 1. The van der Waals surface area contributed by atoms with Crippen LogP contribution in [0, 0.1) is 11.3 Å². The summed E-state index contributed by atoms with van der Waals surface area (Å²) in [5, 5.41) is 10.0. The van der Waals surface area contributed by atoms with E-state index in [-0.39, 0.29) is 17.9 Å². The van der Waals surface area contributed by atoms with E-state index in [4.69, 9.17) is 19.2 Å². The SMILES string of the molecule is COCCC(=O)N1CCN(c2nc(C(C)C)c(-c3ccc4c(c3)OCCO4)cc2C#N)C[C@H]1C. The standard InChI is InChI=1S/C26H32N4O4/c1-17(2)25-21(19-5-6-22-23(14-19)34-12-11-33-22)13-20(15-27)26(28-25)29-8-9-30(18(3)16-29)24(31)7-10-32-4/h5-6,13-14,17-18H,7-12,16H2,1-4H3/t18-/m1/s1. The van der Waals surface area contributed by atoms with Crippen molar-refractivity contribution in [3.05, 3.63) is 35.5 Å². The Bertz CT molecular complexity index is 1090. The third kappa shape index (κ3) is 4.80. The molecule has 3 heterocycles. The first-order valence-electron chi connectivity index (χ1n) is 11.8. The molecule has 1 aromatic heterocycles. The second-order valence-corrected chi connectivity index (χ2v) is 9.04. The van der Waals surface area contributed by atoms with E-state index in [9.17, 15) is 10.1 Å². The molecule has 180 valence electrons. The van der Waals surface area contributed by atoms with Crippen LogP contribution in [0.2, 0.25) is 0 Å². The molecule has 0 unspecified atom stereocenters. The van der Waals surface area contributed by atoms with Crippen molar-refractivity contribution in [1.82, 2.24) is 9.88 Å². The maximum absolute atomic E-state index is 12.5. The van der Waals surface area contributed by atoms with E-state index in [2.05, 4.69) is 24.8 Å². The van der Waals surface area contributed by atoms with Crippen LogP contribution in [-0.4, -0.2) is 68.4 Å². The minimum absolute atomic E-state index is 0.0198. The molecule has 0 radical (unpaired) electrons. The maximum Gasteiger partial charge on any atom is 0.225 e. The predicted octanol–water partition coefficient (Wildman–Crippen LogP) is 3.59. The largest absolute Gasteiger partial charge is 0.486 e. The minimum Gasteiger partial charge on any atom is -0.486 e. The fourth-order valence-electron chi connectivity index (χ4n) is 4.58. The number of carbonyl (C=O) groups excluding carboxylic acids is 1. The number of carbonyl (C=O) groups is 1. The topological polar surface area (TPSA) is 87.9 Å². The summed E-state index contributed by atoms with van der Waals surface area (Å²) in [6.07, 6.45) is 0.379. The number of nitriles is 1. The Labute approximate surface area is 201 Å². The van der Waals surface area contributed by atoms with Crippen LogP contribution in [0.3, 0.4) is 0 Å². The van der Waals surface area contributed by atoms with Crippen LogP contribution in [0.4, 0.5) is 5.82 Å². The highest BCUT2D eigenvalue weighted by Crippen LogP contribution is 2.38. The fourth-order valence-corrected chi connectivity index (χ4v) is 4.58. The highest BCUT2D eigenvalue weighted by atomic mass is 16.6. The van der Waals surface area contributed by atoms with Crippen LogP contribution in [0.1, 0.15) is 44.4 Å². The second-order valence-electron chi connectivity index (χ2n) is 9.04. The van der Waals surface area contributed by atoms with Crippen LogP contribution in [0.25, 0.3) is 11.1 Å². The van der Waals surface area contributed by atoms with Crippen molar-refractivity contribution in [2.45, 2.75) is 39.2 Å². The minimum atomic E-state index is 0.0198. The van der Waals surface area contributed by atoms with Crippen molar-refractivity contribution in [2.75, 3.05) is 51.5 Å². The normalized spacial score (nSPS) is 17.6. The zero-order valence-corrected chi connectivity index (χ0v) is 20.3. The summed E-state index contributed by atoms with van der Waals surface area (Å²) >= 11 is 0. The molecule has 0 spiro atoms. The quantitative estimate of drug-likeness (QED) is 0.646. The number of nitrogens with zero attached hydrogens (tertiary/aromatic N) is 4. The number of anilines is 1. The van der Waals surface area contributed by atoms with Gasteiger partial charge < -0.3 is 24.0 Å². The van der Waals surface area contributed by atoms with Gasteiger partial charge in [-0.3, -0.25) is 4.79 Å². The third-order valence-electron chi connectivity index (χ3n) is 6.32. The average molecular weight is 465 g/mol. The first-order valence-corrected chi connectivity index (χ1v) is 11.8. The molecule has 0 saturated carbocycles. The fraction of sp³-hybridized carbons (Fsp3) is 0.500. The summed E-state index contributed by atoms with van der Waals surface area (Å²) < 4.78 is 16.5. The summed E-state index contributed by atoms with van der Waals surface area (Å²) in [6, 6.07) is 10.2. The lowest BCUT2D eigenvalue weighted by molar-refractivity contribution is -0.134. The molecule has 0 N–H and O–H groups in total. The van der Waals surface area contributed by atoms with Gasteiger partial charge in [-0.25, -0.2) is 4.98 Å². The average Bonchev–Trinajstić information content (AvgIpc) is 2.86. The van der Waals surface area contributed by atoms with E-state index in [0.717, 1.165) is 22.6 Å². The number of methoxy groups -OCH3 is 1. The Morgan fingerprint density at radius 2 is 2.00 bits per heavy atom. The van der Waals surface area contributed by atoms with Crippen LogP contribution >= 0.6 is 0 Å². The predicted molar refractivity (Wildman–Crippen MR) is 129 cm³/mol. The Morgan fingerprint density at radius 3 is 2.68 bits per heavy atom. The summed E-state index contributed by atoms with van der Waals surface area (Å²) in [5.74, 6) is 2.38. The first-order chi connectivity index (χ1) is 16.4. The molecule has 4 rings (SSSR count). The van der Waals surface area contributed by atoms with Gasteiger partial charge in [0.15, 0.2) is 11.5 Å². The van der Waals surface area contributed by atoms with Gasteiger partial charge in [-0.2, -0.15) is 5.26 Å². The smallest absolute Gasteiger partial charge is 0.225 e. The molecule has 1 atom stereocenters. The molecule has 0 bridgehead atoms. The number of benzene rings is 1. The van der Waals surface area contributed by atoms with Crippen molar-refractivity contribution in [1.29, 1.82) is 5.26 Å². The molecule has 2 aliphatic heterocycles. The van der Waals surface area contributed by atoms with Gasteiger partial charge in [0.05, 0.1) is 24.3 Å². The Hall–Kier alpha value is -3.31. The number of amides is 1. The lowest BCUT2D eigenvalue weighted by atomic mass is 9.95. The Balaban J connectivity index is 1.65. The third-order valence-corrected chi connectivity index (χ3v) is 6.32. The van der Waals surface area contributed by atoms with Crippen molar-refractivity contribution in [3.63, 3.8) is 0 Å². The van der Waals surface area contributed by atoms with Gasteiger partial charge in [0.1, 0.15) is 25.1 Å². The summed E-state index contributed by atoms with van der Waals surface area (Å²) in [7, 11) is 1.60. The number of pyridine rings is 1. The molecule has 0 aliphatic carbocycles. The molecule has 8 heteroatoms. The van der Waals surface area contributed by atoms with E-state index in [1.54, 1.807) is 7.11 Å². The molecule has 8 nitrogen and oxygen atoms in total. The zero-order valence-electron chi connectivity index (χ0n) is 20.3. The number of piperazine rings is 1.